The number of nitrogens with one attached hydrogen (secondary N) is 1. The fraction of sp³-hybridized carbons (Fsp3) is 0.375. The van der Waals surface area contributed by atoms with E-state index in [-0.39, 0.29) is 5.91 Å². The lowest BCUT2D eigenvalue weighted by Crippen LogP contribution is -2.25. The average Bonchev–Trinajstić information content (AvgIpc) is 2.29. The van der Waals surface area contributed by atoms with E-state index in [0.29, 0.717) is 5.57 Å². The molecule has 0 saturated carbocycles. The predicted molar refractivity (Wildman–Crippen MR) is 47.4 cm³/mol. The molecule has 2 rings (SSSR count). The van der Waals surface area contributed by atoms with Gasteiger partial charge in [-0.1, -0.05) is 22.0 Å². The van der Waals surface area contributed by atoms with E-state index in [1.807, 2.05) is 6.08 Å². The van der Waals surface area contributed by atoms with Gasteiger partial charge in [-0.3, -0.25) is 4.79 Å². The summed E-state index contributed by atoms with van der Waals surface area (Å²) >= 11 is 3.33. The molecule has 0 aromatic carbocycles. The van der Waals surface area contributed by atoms with E-state index >= 15 is 0 Å². The van der Waals surface area contributed by atoms with Gasteiger partial charge >= 0.3 is 0 Å². The van der Waals surface area contributed by atoms with E-state index in [4.69, 9.17) is 0 Å². The fourth-order valence-electron chi connectivity index (χ4n) is 1.51. The van der Waals surface area contributed by atoms with Crippen LogP contribution in [0.15, 0.2) is 21.7 Å². The summed E-state index contributed by atoms with van der Waals surface area (Å²) in [5.41, 5.74) is 1.34. The molecule has 1 atom stereocenters. The van der Waals surface area contributed by atoms with E-state index < -0.39 is 6.23 Å². The van der Waals surface area contributed by atoms with Crippen LogP contribution in [-0.2, 0) is 4.79 Å². The standard InChI is InChI=1S/C8H8BrNO2/c9-5-3-1-2-4-6(5)8(12)10-7(4)11/h2,7,11H,1,3H2,(H,10,12). The number of hydrogen-bond acceptors (Lipinski definition) is 2. The van der Waals surface area contributed by atoms with Crippen LogP contribution in [0.2, 0.25) is 0 Å². The lowest BCUT2D eigenvalue weighted by Gasteiger charge is -2.10. The fourth-order valence-corrected chi connectivity index (χ4v) is 2.15. The van der Waals surface area contributed by atoms with Crippen LogP contribution >= 0.6 is 15.9 Å². The summed E-state index contributed by atoms with van der Waals surface area (Å²) in [5, 5.41) is 11.8. The Bertz CT molecular complexity index is 306. The maximum atomic E-state index is 11.2. The second-order valence-electron chi connectivity index (χ2n) is 2.85. The molecular weight excluding hydrogens is 222 g/mol. The molecule has 3 nitrogen and oxygen atoms in total. The van der Waals surface area contributed by atoms with E-state index in [2.05, 4.69) is 21.2 Å². The first kappa shape index (κ1) is 8.01. The topological polar surface area (TPSA) is 49.3 Å². The number of rotatable bonds is 0. The van der Waals surface area contributed by atoms with E-state index in [1.165, 1.54) is 0 Å². The lowest BCUT2D eigenvalue weighted by molar-refractivity contribution is -0.117. The molecule has 1 saturated heterocycles. The number of fused-ring (bicyclic) bond motifs is 1. The number of carbonyl (C=O) groups excluding carboxylic acids is 1. The normalized spacial score (nSPS) is 28.3. The van der Waals surface area contributed by atoms with Gasteiger partial charge < -0.3 is 10.4 Å². The minimum Gasteiger partial charge on any atom is -0.369 e. The third-order valence-corrected chi connectivity index (χ3v) is 2.87. The van der Waals surface area contributed by atoms with Crippen LogP contribution in [0.4, 0.5) is 0 Å². The minimum atomic E-state index is -0.805. The molecule has 1 heterocycles. The predicted octanol–water partition coefficient (Wildman–Crippen LogP) is 0.804. The molecule has 0 aromatic heterocycles. The molecule has 2 aliphatic rings. The summed E-state index contributed by atoms with van der Waals surface area (Å²) in [6.07, 6.45) is 2.83. The van der Waals surface area contributed by atoms with Gasteiger partial charge in [-0.2, -0.15) is 0 Å². The highest BCUT2D eigenvalue weighted by Gasteiger charge is 2.33. The van der Waals surface area contributed by atoms with E-state index in [0.717, 1.165) is 22.9 Å². The van der Waals surface area contributed by atoms with Crippen molar-refractivity contribution in [3.05, 3.63) is 21.7 Å². The van der Waals surface area contributed by atoms with E-state index in [9.17, 15) is 9.90 Å². The molecule has 1 amide bonds. The Morgan fingerprint density at radius 1 is 1.67 bits per heavy atom. The van der Waals surface area contributed by atoms with E-state index in [1.54, 1.807) is 0 Å². The first-order valence-electron chi connectivity index (χ1n) is 3.78. The third kappa shape index (κ3) is 1.03. The minimum absolute atomic E-state index is 0.180. The van der Waals surface area contributed by atoms with Crippen LogP contribution in [0.1, 0.15) is 12.8 Å². The van der Waals surface area contributed by atoms with Crippen molar-refractivity contribution in [3.8, 4) is 0 Å². The third-order valence-electron chi connectivity index (χ3n) is 2.08. The smallest absolute Gasteiger partial charge is 0.254 e. The van der Waals surface area contributed by atoms with Crippen LogP contribution in [0.3, 0.4) is 0 Å². The summed E-state index contributed by atoms with van der Waals surface area (Å²) in [5.74, 6) is -0.180. The van der Waals surface area contributed by atoms with Gasteiger partial charge in [0.05, 0.1) is 5.57 Å². The molecule has 64 valence electrons. The first-order valence-corrected chi connectivity index (χ1v) is 4.57. The SMILES string of the molecule is O=C1NC(O)C2=CCCC(Br)=C12. The van der Waals surface area contributed by atoms with Crippen molar-refractivity contribution in [1.82, 2.24) is 5.32 Å². The van der Waals surface area contributed by atoms with Gasteiger partial charge in [0.1, 0.15) is 0 Å². The molecule has 0 aromatic rings. The number of amides is 1. The maximum Gasteiger partial charge on any atom is 0.254 e. The van der Waals surface area contributed by atoms with Crippen molar-refractivity contribution in [2.45, 2.75) is 19.1 Å². The summed E-state index contributed by atoms with van der Waals surface area (Å²) in [7, 11) is 0. The molecule has 1 aliphatic carbocycles. The lowest BCUT2D eigenvalue weighted by atomic mass is 10.00. The Kier molecular flexibility index (Phi) is 1.81. The second kappa shape index (κ2) is 2.71. The van der Waals surface area contributed by atoms with Gasteiger partial charge in [-0.05, 0) is 12.8 Å². The van der Waals surface area contributed by atoms with Crippen molar-refractivity contribution in [2.24, 2.45) is 0 Å². The number of halogens is 1. The zero-order valence-electron chi connectivity index (χ0n) is 6.30. The zero-order valence-corrected chi connectivity index (χ0v) is 7.89. The highest BCUT2D eigenvalue weighted by atomic mass is 79.9. The van der Waals surface area contributed by atoms with Gasteiger partial charge in [0.2, 0.25) is 0 Å². The highest BCUT2D eigenvalue weighted by Crippen LogP contribution is 2.33. The Labute approximate surface area is 78.3 Å². The number of carbonyl (C=O) groups is 1. The molecule has 1 fully saturated rings. The Morgan fingerprint density at radius 2 is 2.42 bits per heavy atom. The monoisotopic (exact) mass is 229 g/mol. The van der Waals surface area contributed by atoms with Crippen molar-refractivity contribution in [2.75, 3.05) is 0 Å². The quantitative estimate of drug-likeness (QED) is 0.646. The molecule has 2 N–H and O–H groups in total. The average molecular weight is 230 g/mol. The van der Waals surface area contributed by atoms with Gasteiger partial charge in [-0.25, -0.2) is 0 Å². The van der Waals surface area contributed by atoms with Gasteiger partial charge in [-0.15, -0.1) is 0 Å². The van der Waals surface area contributed by atoms with Crippen LogP contribution in [0.25, 0.3) is 0 Å². The Morgan fingerprint density at radius 3 is 3.08 bits per heavy atom. The molecule has 0 bridgehead atoms. The second-order valence-corrected chi connectivity index (χ2v) is 3.81. The summed E-state index contributed by atoms with van der Waals surface area (Å²) in [6, 6.07) is 0. The molecule has 0 spiro atoms. The highest BCUT2D eigenvalue weighted by molar-refractivity contribution is 9.11. The number of aliphatic hydroxyl groups is 1. The summed E-state index contributed by atoms with van der Waals surface area (Å²) in [6.45, 7) is 0. The van der Waals surface area contributed by atoms with Gasteiger partial charge in [0, 0.05) is 10.1 Å². The first-order chi connectivity index (χ1) is 5.70. The Balaban J connectivity index is 2.50. The molecule has 0 radical (unpaired) electrons. The van der Waals surface area contributed by atoms with Gasteiger partial charge in [0.25, 0.3) is 5.91 Å². The molecule has 1 unspecified atom stereocenters. The van der Waals surface area contributed by atoms with Crippen LogP contribution < -0.4 is 5.32 Å². The van der Waals surface area contributed by atoms with Crippen LogP contribution in [0.5, 0.6) is 0 Å². The summed E-state index contributed by atoms with van der Waals surface area (Å²) in [4.78, 5) is 11.2. The molecule has 4 heteroatoms. The van der Waals surface area contributed by atoms with Crippen molar-refractivity contribution >= 4 is 21.8 Å². The van der Waals surface area contributed by atoms with Crippen LogP contribution in [-0.4, -0.2) is 17.2 Å². The number of hydrogen-bond donors (Lipinski definition) is 2. The molecule has 1 aliphatic heterocycles. The Hall–Kier alpha value is -0.610. The summed E-state index contributed by atoms with van der Waals surface area (Å²) < 4.78 is 0.897. The number of aliphatic hydroxyl groups excluding tert-OH is 1. The van der Waals surface area contributed by atoms with Crippen molar-refractivity contribution in [3.63, 3.8) is 0 Å². The van der Waals surface area contributed by atoms with Crippen molar-refractivity contribution < 1.29 is 9.90 Å². The van der Waals surface area contributed by atoms with Crippen molar-refractivity contribution in [1.29, 1.82) is 0 Å². The van der Waals surface area contributed by atoms with Crippen LogP contribution in [0, 0.1) is 0 Å². The molecule has 12 heavy (non-hydrogen) atoms. The largest absolute Gasteiger partial charge is 0.369 e. The van der Waals surface area contributed by atoms with Gasteiger partial charge in [0.15, 0.2) is 6.23 Å². The zero-order chi connectivity index (χ0) is 8.72. The maximum absolute atomic E-state index is 11.2. The number of allylic oxidation sites excluding steroid dienone is 2. The molecular formula is C8H8BrNO2.